The number of aromatic nitrogens is 2. The molecule has 0 amide bonds. The van der Waals surface area contributed by atoms with E-state index >= 15 is 0 Å². The van der Waals surface area contributed by atoms with Crippen molar-refractivity contribution in [3.05, 3.63) is 47.0 Å². The van der Waals surface area contributed by atoms with Crippen molar-refractivity contribution in [2.45, 2.75) is 26.3 Å². The first-order valence-corrected chi connectivity index (χ1v) is 9.04. The van der Waals surface area contributed by atoms with Crippen LogP contribution >= 0.6 is 0 Å². The Hall–Kier alpha value is -2.40. The Balaban J connectivity index is 1.96. The topological polar surface area (TPSA) is 47.4 Å². The minimum atomic E-state index is -0.0382. The monoisotopic (exact) mass is 353 g/mol. The second-order valence-electron chi connectivity index (χ2n) is 7.52. The third-order valence-electron chi connectivity index (χ3n) is 4.89. The van der Waals surface area contributed by atoms with Crippen LogP contribution in [0.5, 0.6) is 5.75 Å². The quantitative estimate of drug-likeness (QED) is 0.637. The van der Waals surface area contributed by atoms with Crippen molar-refractivity contribution >= 4 is 21.7 Å². The van der Waals surface area contributed by atoms with Crippen LogP contribution in [0.1, 0.15) is 20.3 Å². The molecule has 0 aliphatic carbocycles. The molecule has 2 heterocycles. The Bertz CT molecular complexity index is 976. The Kier molecular flexibility index (Phi) is 5.28. The average molecular weight is 353 g/mol. The van der Waals surface area contributed by atoms with E-state index in [1.807, 2.05) is 24.3 Å². The molecule has 0 aliphatic rings. The Morgan fingerprint density at radius 1 is 1.15 bits per heavy atom. The van der Waals surface area contributed by atoms with Crippen LogP contribution in [-0.4, -0.2) is 41.2 Å². The molecule has 0 saturated carbocycles. The van der Waals surface area contributed by atoms with E-state index in [0.29, 0.717) is 24.0 Å². The van der Waals surface area contributed by atoms with Crippen molar-refractivity contribution in [1.29, 1.82) is 0 Å². The summed E-state index contributed by atoms with van der Waals surface area (Å²) >= 11 is 0. The van der Waals surface area contributed by atoms with Crippen molar-refractivity contribution in [3.63, 3.8) is 0 Å². The first-order chi connectivity index (χ1) is 12.4. The summed E-state index contributed by atoms with van der Waals surface area (Å²) in [5, 5.41) is 2.60. The van der Waals surface area contributed by atoms with E-state index in [-0.39, 0.29) is 5.56 Å². The normalized spacial score (nSPS) is 13.0. The summed E-state index contributed by atoms with van der Waals surface area (Å²) in [5.41, 5.74) is 0.834. The van der Waals surface area contributed by atoms with Crippen LogP contribution < -0.4 is 10.3 Å². The minimum absolute atomic E-state index is 0.0382. The molecule has 3 aromatic rings. The molecule has 138 valence electrons. The smallest absolute Gasteiger partial charge is 0.260 e. The van der Waals surface area contributed by atoms with Gasteiger partial charge in [0.1, 0.15) is 12.4 Å². The zero-order valence-electron chi connectivity index (χ0n) is 16.2. The van der Waals surface area contributed by atoms with Crippen molar-refractivity contribution in [2.75, 3.05) is 20.7 Å². The lowest BCUT2D eigenvalue weighted by atomic mass is 10.0. The van der Waals surface area contributed by atoms with Gasteiger partial charge in [0.05, 0.1) is 10.9 Å². The maximum atomic E-state index is 12.6. The highest BCUT2D eigenvalue weighted by atomic mass is 16.5. The van der Waals surface area contributed by atoms with Crippen LogP contribution in [-0.2, 0) is 7.05 Å². The van der Waals surface area contributed by atoms with Gasteiger partial charge in [0, 0.05) is 36.9 Å². The highest BCUT2D eigenvalue weighted by molar-refractivity contribution is 6.05. The van der Waals surface area contributed by atoms with Gasteiger partial charge in [0.15, 0.2) is 0 Å². The molecule has 0 radical (unpaired) electrons. The maximum Gasteiger partial charge on any atom is 0.260 e. The second-order valence-corrected chi connectivity index (χ2v) is 7.52. The van der Waals surface area contributed by atoms with Crippen LogP contribution in [0.3, 0.4) is 0 Å². The van der Waals surface area contributed by atoms with E-state index in [1.54, 1.807) is 24.0 Å². The highest BCUT2D eigenvalue weighted by Gasteiger charge is 2.15. The number of fused-ring (bicyclic) bond motifs is 3. The van der Waals surface area contributed by atoms with E-state index in [0.717, 1.165) is 28.5 Å². The van der Waals surface area contributed by atoms with Crippen molar-refractivity contribution in [1.82, 2.24) is 14.5 Å². The molecule has 2 aromatic heterocycles. The summed E-state index contributed by atoms with van der Waals surface area (Å²) < 4.78 is 7.75. The molecule has 0 aliphatic heterocycles. The fraction of sp³-hybridized carbons (Fsp3) is 0.429. The third kappa shape index (κ3) is 3.58. The summed E-state index contributed by atoms with van der Waals surface area (Å²) in [4.78, 5) is 18.9. The summed E-state index contributed by atoms with van der Waals surface area (Å²) in [6.07, 6.45) is 4.44. The van der Waals surface area contributed by atoms with Crippen LogP contribution in [0.4, 0.5) is 0 Å². The lowest BCUT2D eigenvalue weighted by Gasteiger charge is -2.26. The molecule has 5 heteroatoms. The van der Waals surface area contributed by atoms with E-state index in [9.17, 15) is 4.79 Å². The molecule has 0 saturated heterocycles. The summed E-state index contributed by atoms with van der Waals surface area (Å²) in [6, 6.07) is 8.22. The highest BCUT2D eigenvalue weighted by Crippen LogP contribution is 2.26. The molecule has 0 N–H and O–H groups in total. The predicted octanol–water partition coefficient (Wildman–Crippen LogP) is 3.44. The fourth-order valence-electron chi connectivity index (χ4n) is 3.36. The van der Waals surface area contributed by atoms with Gasteiger partial charge in [-0.15, -0.1) is 0 Å². The molecule has 1 unspecified atom stereocenters. The van der Waals surface area contributed by atoms with Gasteiger partial charge in [-0.1, -0.05) is 13.8 Å². The molecule has 0 fully saturated rings. The standard InChI is InChI=1S/C21H27N3O2/c1-14(2)10-15(23(3)4)13-26-16-6-7-18-17-8-9-22-12-19(17)21(25)24(5)20(18)11-16/h6-9,11-12,14-15H,10,13H2,1-5H3. The number of hydrogen-bond donors (Lipinski definition) is 0. The van der Waals surface area contributed by atoms with E-state index in [2.05, 4.69) is 37.8 Å². The van der Waals surface area contributed by atoms with Crippen LogP contribution in [0.2, 0.25) is 0 Å². The van der Waals surface area contributed by atoms with Crippen LogP contribution in [0.25, 0.3) is 21.7 Å². The molecule has 0 bridgehead atoms. The number of ether oxygens (including phenoxy) is 1. The number of rotatable bonds is 6. The second kappa shape index (κ2) is 7.46. The van der Waals surface area contributed by atoms with E-state index < -0.39 is 0 Å². The van der Waals surface area contributed by atoms with Gasteiger partial charge in [-0.05, 0) is 50.0 Å². The number of aryl methyl sites for hydroxylation is 1. The van der Waals surface area contributed by atoms with Gasteiger partial charge in [0.2, 0.25) is 0 Å². The van der Waals surface area contributed by atoms with Crippen LogP contribution in [0, 0.1) is 5.92 Å². The summed E-state index contributed by atoms with van der Waals surface area (Å²) in [6.45, 7) is 5.08. The fourth-order valence-corrected chi connectivity index (χ4v) is 3.36. The van der Waals surface area contributed by atoms with Gasteiger partial charge in [-0.3, -0.25) is 9.78 Å². The lowest BCUT2D eigenvalue weighted by Crippen LogP contribution is -2.34. The number of benzene rings is 1. The van der Waals surface area contributed by atoms with Crippen molar-refractivity contribution < 1.29 is 4.74 Å². The molecular formula is C21H27N3O2. The Labute approximate surface area is 154 Å². The predicted molar refractivity (Wildman–Crippen MR) is 107 cm³/mol. The van der Waals surface area contributed by atoms with Gasteiger partial charge < -0.3 is 14.2 Å². The zero-order chi connectivity index (χ0) is 18.8. The number of pyridine rings is 2. The molecule has 1 aromatic carbocycles. The minimum Gasteiger partial charge on any atom is -0.492 e. The molecule has 5 nitrogen and oxygen atoms in total. The molecule has 3 rings (SSSR count). The van der Waals surface area contributed by atoms with Gasteiger partial charge >= 0.3 is 0 Å². The number of likely N-dealkylation sites (N-methyl/N-ethyl adjacent to an activating group) is 1. The Morgan fingerprint density at radius 2 is 1.92 bits per heavy atom. The summed E-state index contributed by atoms with van der Waals surface area (Å²) in [7, 11) is 5.96. The average Bonchev–Trinajstić information content (AvgIpc) is 2.62. The maximum absolute atomic E-state index is 12.6. The SMILES string of the molecule is CC(C)CC(COc1ccc2c3ccncc3c(=O)n(C)c2c1)N(C)C. The lowest BCUT2D eigenvalue weighted by molar-refractivity contribution is 0.165. The number of nitrogens with zero attached hydrogens (tertiary/aromatic N) is 3. The largest absolute Gasteiger partial charge is 0.492 e. The zero-order valence-corrected chi connectivity index (χ0v) is 16.2. The molecular weight excluding hydrogens is 326 g/mol. The number of hydrogen-bond acceptors (Lipinski definition) is 4. The van der Waals surface area contributed by atoms with Crippen LogP contribution in [0.15, 0.2) is 41.5 Å². The molecule has 0 spiro atoms. The van der Waals surface area contributed by atoms with Gasteiger partial charge in [0.25, 0.3) is 5.56 Å². The van der Waals surface area contributed by atoms with Crippen molar-refractivity contribution in [2.24, 2.45) is 13.0 Å². The molecule has 26 heavy (non-hydrogen) atoms. The van der Waals surface area contributed by atoms with Crippen molar-refractivity contribution in [3.8, 4) is 5.75 Å². The van der Waals surface area contributed by atoms with E-state index in [4.69, 9.17) is 4.74 Å². The summed E-state index contributed by atoms with van der Waals surface area (Å²) in [5.74, 6) is 1.40. The van der Waals surface area contributed by atoms with Gasteiger partial charge in [-0.25, -0.2) is 0 Å². The first-order valence-electron chi connectivity index (χ1n) is 9.04. The van der Waals surface area contributed by atoms with Gasteiger partial charge in [-0.2, -0.15) is 0 Å². The third-order valence-corrected chi connectivity index (χ3v) is 4.89. The molecule has 1 atom stereocenters. The Morgan fingerprint density at radius 3 is 2.62 bits per heavy atom. The first kappa shape index (κ1) is 18.4. The van der Waals surface area contributed by atoms with E-state index in [1.165, 1.54) is 0 Å².